The average molecular weight is 409 g/mol. The van der Waals surface area contributed by atoms with Crippen molar-refractivity contribution < 1.29 is 4.79 Å². The average Bonchev–Trinajstić information content (AvgIpc) is 2.78. The third-order valence-electron chi connectivity index (χ3n) is 7.04. The van der Waals surface area contributed by atoms with Crippen molar-refractivity contribution in [2.45, 2.75) is 51.1 Å². The van der Waals surface area contributed by atoms with Crippen molar-refractivity contribution in [3.05, 3.63) is 42.1 Å². The molecule has 0 bridgehead atoms. The molecule has 2 aliphatic rings. The highest BCUT2D eigenvalue weighted by molar-refractivity contribution is 5.78. The Hall–Kier alpha value is -1.98. The Morgan fingerprint density at radius 3 is 2.73 bits per heavy atom. The fourth-order valence-corrected chi connectivity index (χ4v) is 5.05. The van der Waals surface area contributed by atoms with Crippen LogP contribution in [0.1, 0.15) is 44.2 Å². The van der Waals surface area contributed by atoms with Gasteiger partial charge in [0.1, 0.15) is 0 Å². The van der Waals surface area contributed by atoms with Crippen molar-refractivity contribution >= 4 is 16.8 Å². The van der Waals surface area contributed by atoms with Gasteiger partial charge in [0.25, 0.3) is 0 Å². The highest BCUT2D eigenvalue weighted by atomic mass is 16.2. The number of hydrogen-bond acceptors (Lipinski definition) is 4. The largest absolute Gasteiger partial charge is 0.343 e. The van der Waals surface area contributed by atoms with Gasteiger partial charge in [-0.15, -0.1) is 0 Å². The Labute approximate surface area is 181 Å². The molecule has 0 saturated carbocycles. The molecule has 1 amide bonds. The SMILES string of the molecule is CN1CCC(N(C)C(=O)CCC2CCCN(Cc3ccc4ccccc4n3)C2)CC1. The van der Waals surface area contributed by atoms with E-state index in [9.17, 15) is 4.79 Å². The molecule has 1 aromatic carbocycles. The van der Waals surface area contributed by atoms with Crippen LogP contribution in [-0.2, 0) is 11.3 Å². The highest BCUT2D eigenvalue weighted by Gasteiger charge is 2.26. The Morgan fingerprint density at radius 1 is 1.10 bits per heavy atom. The highest BCUT2D eigenvalue weighted by Crippen LogP contribution is 2.24. The fourth-order valence-electron chi connectivity index (χ4n) is 5.05. The molecule has 0 N–H and O–H groups in total. The number of amides is 1. The minimum Gasteiger partial charge on any atom is -0.343 e. The van der Waals surface area contributed by atoms with Gasteiger partial charge in [0.05, 0.1) is 11.2 Å². The van der Waals surface area contributed by atoms with Gasteiger partial charge in [-0.1, -0.05) is 24.3 Å². The monoisotopic (exact) mass is 408 g/mol. The first kappa shape index (κ1) is 21.3. The summed E-state index contributed by atoms with van der Waals surface area (Å²) in [5.74, 6) is 0.951. The number of aromatic nitrogens is 1. The normalized spacial score (nSPS) is 21.7. The van der Waals surface area contributed by atoms with Crippen LogP contribution in [0.2, 0.25) is 0 Å². The maximum Gasteiger partial charge on any atom is 0.222 e. The zero-order valence-electron chi connectivity index (χ0n) is 18.6. The second-order valence-electron chi connectivity index (χ2n) is 9.32. The minimum absolute atomic E-state index is 0.331. The lowest BCUT2D eigenvalue weighted by atomic mass is 9.92. The van der Waals surface area contributed by atoms with Crippen LogP contribution in [0.15, 0.2) is 36.4 Å². The van der Waals surface area contributed by atoms with Crippen LogP contribution in [0.25, 0.3) is 10.9 Å². The molecule has 5 heteroatoms. The summed E-state index contributed by atoms with van der Waals surface area (Å²) in [6, 6.07) is 13.1. The van der Waals surface area contributed by atoms with Gasteiger partial charge in [0.15, 0.2) is 0 Å². The predicted octanol–water partition coefficient (Wildman–Crippen LogP) is 3.78. The minimum atomic E-state index is 0.331. The van der Waals surface area contributed by atoms with Gasteiger partial charge in [-0.2, -0.15) is 0 Å². The molecule has 1 aromatic heterocycles. The van der Waals surface area contributed by atoms with E-state index in [1.165, 1.54) is 18.2 Å². The molecule has 2 aromatic rings. The van der Waals surface area contributed by atoms with Gasteiger partial charge in [-0.25, -0.2) is 0 Å². The van der Waals surface area contributed by atoms with Crippen molar-refractivity contribution in [3.63, 3.8) is 0 Å². The zero-order valence-corrected chi connectivity index (χ0v) is 18.6. The summed E-state index contributed by atoms with van der Waals surface area (Å²) < 4.78 is 0. The molecule has 5 nitrogen and oxygen atoms in total. The second-order valence-corrected chi connectivity index (χ2v) is 9.32. The van der Waals surface area contributed by atoms with Gasteiger partial charge in [-0.3, -0.25) is 14.7 Å². The van der Waals surface area contributed by atoms with Crippen molar-refractivity contribution in [2.75, 3.05) is 40.3 Å². The third kappa shape index (κ3) is 5.38. The van der Waals surface area contributed by atoms with Crippen LogP contribution < -0.4 is 0 Å². The van der Waals surface area contributed by atoms with Gasteiger partial charge in [0.2, 0.25) is 5.91 Å². The van der Waals surface area contributed by atoms with E-state index in [1.807, 2.05) is 11.9 Å². The van der Waals surface area contributed by atoms with Crippen molar-refractivity contribution in [1.82, 2.24) is 19.7 Å². The van der Waals surface area contributed by atoms with Crippen LogP contribution >= 0.6 is 0 Å². The number of benzene rings is 1. The molecule has 2 fully saturated rings. The first-order chi connectivity index (χ1) is 14.6. The molecular weight excluding hydrogens is 372 g/mol. The van der Waals surface area contributed by atoms with E-state index in [0.29, 0.717) is 24.3 Å². The van der Waals surface area contributed by atoms with Gasteiger partial charge < -0.3 is 9.80 Å². The molecule has 0 aliphatic carbocycles. The predicted molar refractivity (Wildman–Crippen MR) is 122 cm³/mol. The molecule has 1 unspecified atom stereocenters. The lowest BCUT2D eigenvalue weighted by Crippen LogP contribution is -2.44. The lowest BCUT2D eigenvalue weighted by molar-refractivity contribution is -0.133. The van der Waals surface area contributed by atoms with E-state index in [4.69, 9.17) is 4.98 Å². The molecule has 2 saturated heterocycles. The summed E-state index contributed by atoms with van der Waals surface area (Å²) in [5, 5.41) is 1.20. The summed E-state index contributed by atoms with van der Waals surface area (Å²) in [5.41, 5.74) is 2.22. The molecule has 30 heavy (non-hydrogen) atoms. The number of carbonyl (C=O) groups excluding carboxylic acids is 1. The Kier molecular flexibility index (Phi) is 7.00. The fraction of sp³-hybridized carbons (Fsp3) is 0.600. The van der Waals surface area contributed by atoms with Crippen LogP contribution in [0, 0.1) is 5.92 Å². The molecule has 3 heterocycles. The molecule has 4 rings (SSSR count). The molecule has 0 radical (unpaired) electrons. The number of fused-ring (bicyclic) bond motifs is 1. The van der Waals surface area contributed by atoms with Crippen molar-refractivity contribution in [1.29, 1.82) is 0 Å². The van der Waals surface area contributed by atoms with Crippen molar-refractivity contribution in [3.8, 4) is 0 Å². The molecule has 1 atom stereocenters. The molecule has 0 spiro atoms. The molecule has 2 aliphatic heterocycles. The van der Waals surface area contributed by atoms with E-state index in [0.717, 1.165) is 63.2 Å². The lowest BCUT2D eigenvalue weighted by Gasteiger charge is -2.36. The third-order valence-corrected chi connectivity index (χ3v) is 7.04. The summed E-state index contributed by atoms with van der Waals surface area (Å²) in [4.78, 5) is 24.5. The van der Waals surface area contributed by atoms with Gasteiger partial charge in [0, 0.05) is 38.0 Å². The first-order valence-electron chi connectivity index (χ1n) is 11.6. The quantitative estimate of drug-likeness (QED) is 0.729. The number of hydrogen-bond donors (Lipinski definition) is 0. The zero-order chi connectivity index (χ0) is 20.9. The van der Waals surface area contributed by atoms with Gasteiger partial charge in [-0.05, 0) is 76.8 Å². The van der Waals surface area contributed by atoms with E-state index >= 15 is 0 Å². The maximum atomic E-state index is 12.8. The molecule has 162 valence electrons. The summed E-state index contributed by atoms with van der Waals surface area (Å²) in [6.07, 6.45) is 6.38. The van der Waals surface area contributed by atoms with Gasteiger partial charge >= 0.3 is 0 Å². The van der Waals surface area contributed by atoms with Crippen LogP contribution in [0.4, 0.5) is 0 Å². The summed E-state index contributed by atoms with van der Waals surface area (Å²) in [6.45, 7) is 5.32. The number of likely N-dealkylation sites (tertiary alicyclic amines) is 2. The maximum absolute atomic E-state index is 12.8. The smallest absolute Gasteiger partial charge is 0.222 e. The number of piperidine rings is 2. The Bertz CT molecular complexity index is 846. The van der Waals surface area contributed by atoms with Crippen LogP contribution in [-0.4, -0.2) is 71.9 Å². The second kappa shape index (κ2) is 9.88. The van der Waals surface area contributed by atoms with E-state index < -0.39 is 0 Å². The standard InChI is InChI=1S/C25H36N4O/c1-27-16-13-23(14-17-27)28(2)25(30)12-9-20-6-5-15-29(18-20)19-22-11-10-21-7-3-4-8-24(21)26-22/h3-4,7-8,10-11,20,23H,5-6,9,12-19H2,1-2H3. The van der Waals surface area contributed by atoms with Crippen LogP contribution in [0.3, 0.4) is 0 Å². The summed E-state index contributed by atoms with van der Waals surface area (Å²) in [7, 11) is 4.18. The molecular formula is C25H36N4O. The topological polar surface area (TPSA) is 39.7 Å². The van der Waals surface area contributed by atoms with E-state index in [2.05, 4.69) is 53.2 Å². The Balaban J connectivity index is 1.25. The van der Waals surface area contributed by atoms with Crippen molar-refractivity contribution in [2.24, 2.45) is 5.92 Å². The number of carbonyl (C=O) groups is 1. The number of nitrogens with zero attached hydrogens (tertiary/aromatic N) is 4. The summed E-state index contributed by atoms with van der Waals surface area (Å²) >= 11 is 0. The number of rotatable bonds is 6. The van der Waals surface area contributed by atoms with E-state index in [-0.39, 0.29) is 0 Å². The number of para-hydroxylation sites is 1. The first-order valence-corrected chi connectivity index (χ1v) is 11.6. The van der Waals surface area contributed by atoms with Crippen LogP contribution in [0.5, 0.6) is 0 Å². The van der Waals surface area contributed by atoms with E-state index in [1.54, 1.807) is 0 Å². The Morgan fingerprint density at radius 2 is 1.90 bits per heavy atom. The number of pyridine rings is 1.